The fourth-order valence-corrected chi connectivity index (χ4v) is 3.60. The third-order valence-electron chi connectivity index (χ3n) is 5.04. The Kier molecular flexibility index (Phi) is 4.26. The third-order valence-corrected chi connectivity index (χ3v) is 5.04. The lowest BCUT2D eigenvalue weighted by atomic mass is 10.1. The number of nitrogens with zero attached hydrogens (tertiary/aromatic N) is 3. The molecule has 2 aliphatic heterocycles. The number of hydrogen-bond acceptors (Lipinski definition) is 6. The summed E-state index contributed by atoms with van der Waals surface area (Å²) in [5.41, 5.74) is 1.76. The molecule has 0 spiro atoms. The molecule has 0 radical (unpaired) electrons. The van der Waals surface area contributed by atoms with Crippen LogP contribution in [-0.4, -0.2) is 47.9 Å². The van der Waals surface area contributed by atoms with E-state index in [0.717, 1.165) is 47.6 Å². The van der Waals surface area contributed by atoms with Crippen molar-refractivity contribution in [1.29, 1.82) is 0 Å². The summed E-state index contributed by atoms with van der Waals surface area (Å²) in [7, 11) is 0. The van der Waals surface area contributed by atoms with Crippen molar-refractivity contribution in [2.45, 2.75) is 12.8 Å². The molecule has 3 aromatic rings. The number of fused-ring (bicyclic) bond motifs is 2. The number of ether oxygens (including phenoxy) is 3. The van der Waals surface area contributed by atoms with Gasteiger partial charge in [-0.05, 0) is 56.3 Å². The number of likely N-dealkylation sites (tertiary alicyclic amines) is 1. The van der Waals surface area contributed by atoms with Gasteiger partial charge in [-0.2, -0.15) is 4.98 Å². The Bertz CT molecular complexity index is 970. The van der Waals surface area contributed by atoms with E-state index in [0.29, 0.717) is 18.3 Å². The highest BCUT2D eigenvalue weighted by Crippen LogP contribution is 2.36. The summed E-state index contributed by atoms with van der Waals surface area (Å²) in [6.45, 7) is 4.13. The van der Waals surface area contributed by atoms with Gasteiger partial charge in [-0.15, -0.1) is 0 Å². The van der Waals surface area contributed by atoms with Crippen LogP contribution in [0.3, 0.4) is 0 Å². The largest absolute Gasteiger partial charge is 0.476 e. The van der Waals surface area contributed by atoms with Crippen LogP contribution in [0.2, 0.25) is 0 Å². The Labute approximate surface area is 157 Å². The zero-order valence-electron chi connectivity index (χ0n) is 15.1. The van der Waals surface area contributed by atoms with Crippen molar-refractivity contribution in [2.24, 2.45) is 0 Å². The Morgan fingerprint density at radius 1 is 0.963 bits per heavy atom. The van der Waals surface area contributed by atoms with Crippen LogP contribution in [-0.2, 0) is 0 Å². The first kappa shape index (κ1) is 16.3. The van der Waals surface area contributed by atoms with Gasteiger partial charge >= 0.3 is 0 Å². The van der Waals surface area contributed by atoms with Crippen LogP contribution in [0.1, 0.15) is 12.8 Å². The van der Waals surface area contributed by atoms with E-state index in [9.17, 15) is 0 Å². The Morgan fingerprint density at radius 2 is 1.81 bits per heavy atom. The highest BCUT2D eigenvalue weighted by Gasteiger charge is 2.17. The van der Waals surface area contributed by atoms with Crippen LogP contribution >= 0.6 is 0 Å². The molecule has 0 aliphatic carbocycles. The van der Waals surface area contributed by atoms with Gasteiger partial charge in [0.05, 0.1) is 10.9 Å². The van der Waals surface area contributed by atoms with Crippen molar-refractivity contribution < 1.29 is 14.2 Å². The normalized spacial score (nSPS) is 16.1. The minimum absolute atomic E-state index is 0.252. The Morgan fingerprint density at radius 3 is 2.74 bits per heavy atom. The minimum Gasteiger partial charge on any atom is -0.476 e. The number of aromatic nitrogens is 2. The van der Waals surface area contributed by atoms with Gasteiger partial charge in [0, 0.05) is 12.1 Å². The van der Waals surface area contributed by atoms with Gasteiger partial charge in [0.1, 0.15) is 6.61 Å². The predicted octanol–water partition coefficient (Wildman–Crippen LogP) is 3.50. The standard InChI is InChI=1S/C21H21N3O3/c1-2-6-17-16(5-1)21(25-12-11-24-9-3-4-10-24)23-20(22-17)15-7-8-18-19(13-15)27-14-26-18/h1-2,5-8,13H,3-4,9-12,14H2. The van der Waals surface area contributed by atoms with Crippen LogP contribution in [0, 0.1) is 0 Å². The first-order valence-electron chi connectivity index (χ1n) is 9.39. The molecule has 138 valence electrons. The van der Waals surface area contributed by atoms with Crippen LogP contribution in [0.4, 0.5) is 0 Å². The second-order valence-corrected chi connectivity index (χ2v) is 6.83. The van der Waals surface area contributed by atoms with E-state index in [2.05, 4.69) is 4.90 Å². The molecular weight excluding hydrogens is 342 g/mol. The molecule has 0 atom stereocenters. The molecule has 0 amide bonds. The first-order chi connectivity index (χ1) is 13.4. The molecule has 0 bridgehead atoms. The molecule has 6 nitrogen and oxygen atoms in total. The van der Waals surface area contributed by atoms with Gasteiger partial charge in [0.25, 0.3) is 0 Å². The Balaban J connectivity index is 1.46. The van der Waals surface area contributed by atoms with Gasteiger partial charge < -0.3 is 14.2 Å². The lowest BCUT2D eigenvalue weighted by molar-refractivity contribution is 0.174. The van der Waals surface area contributed by atoms with Crippen molar-refractivity contribution in [3.05, 3.63) is 42.5 Å². The maximum absolute atomic E-state index is 6.09. The second kappa shape index (κ2) is 7.04. The number of hydrogen-bond donors (Lipinski definition) is 0. The predicted molar refractivity (Wildman–Crippen MR) is 102 cm³/mol. The van der Waals surface area contributed by atoms with Crippen LogP contribution < -0.4 is 14.2 Å². The third kappa shape index (κ3) is 3.28. The van der Waals surface area contributed by atoms with E-state index in [1.807, 2.05) is 42.5 Å². The zero-order chi connectivity index (χ0) is 18.1. The highest BCUT2D eigenvalue weighted by molar-refractivity contribution is 5.85. The summed E-state index contributed by atoms with van der Waals surface area (Å²) in [6, 6.07) is 13.7. The molecule has 1 aromatic heterocycles. The SMILES string of the molecule is c1ccc2c(OCCN3CCCC3)nc(-c3ccc4c(c3)OCO4)nc2c1. The molecule has 6 heteroatoms. The Hall–Kier alpha value is -2.86. The molecule has 1 saturated heterocycles. The van der Waals surface area contributed by atoms with Crippen molar-refractivity contribution in [2.75, 3.05) is 33.0 Å². The molecule has 2 aliphatic rings. The quantitative estimate of drug-likeness (QED) is 0.692. The highest BCUT2D eigenvalue weighted by atomic mass is 16.7. The molecule has 5 rings (SSSR count). The van der Waals surface area contributed by atoms with Gasteiger partial charge in [0.2, 0.25) is 12.7 Å². The van der Waals surface area contributed by atoms with E-state index in [-0.39, 0.29) is 6.79 Å². The topological polar surface area (TPSA) is 56.7 Å². The van der Waals surface area contributed by atoms with Crippen LogP contribution in [0.25, 0.3) is 22.3 Å². The van der Waals surface area contributed by atoms with Crippen molar-refractivity contribution in [3.63, 3.8) is 0 Å². The maximum atomic E-state index is 6.09. The van der Waals surface area contributed by atoms with Crippen molar-refractivity contribution >= 4 is 10.9 Å². The van der Waals surface area contributed by atoms with E-state index < -0.39 is 0 Å². The lowest BCUT2D eigenvalue weighted by Crippen LogP contribution is -2.25. The van der Waals surface area contributed by atoms with Gasteiger partial charge in [-0.25, -0.2) is 4.98 Å². The van der Waals surface area contributed by atoms with Crippen LogP contribution in [0.5, 0.6) is 17.4 Å². The van der Waals surface area contributed by atoms with E-state index in [1.54, 1.807) is 0 Å². The lowest BCUT2D eigenvalue weighted by Gasteiger charge is -2.15. The van der Waals surface area contributed by atoms with Gasteiger partial charge in [-0.3, -0.25) is 4.90 Å². The number of benzene rings is 2. The summed E-state index contributed by atoms with van der Waals surface area (Å²) in [5.74, 6) is 2.73. The summed E-state index contributed by atoms with van der Waals surface area (Å²) < 4.78 is 17.0. The van der Waals surface area contributed by atoms with Crippen LogP contribution in [0.15, 0.2) is 42.5 Å². The molecule has 0 N–H and O–H groups in total. The second-order valence-electron chi connectivity index (χ2n) is 6.83. The monoisotopic (exact) mass is 363 g/mol. The van der Waals surface area contributed by atoms with E-state index in [4.69, 9.17) is 24.2 Å². The first-order valence-corrected chi connectivity index (χ1v) is 9.39. The fraction of sp³-hybridized carbons (Fsp3) is 0.333. The molecule has 27 heavy (non-hydrogen) atoms. The smallest absolute Gasteiger partial charge is 0.231 e. The average Bonchev–Trinajstić information content (AvgIpc) is 3.39. The zero-order valence-corrected chi connectivity index (χ0v) is 15.1. The summed E-state index contributed by atoms with van der Waals surface area (Å²) >= 11 is 0. The molecule has 0 saturated carbocycles. The molecule has 1 fully saturated rings. The van der Waals surface area contributed by atoms with E-state index >= 15 is 0 Å². The molecule has 3 heterocycles. The number of para-hydroxylation sites is 1. The maximum Gasteiger partial charge on any atom is 0.231 e. The fourth-order valence-electron chi connectivity index (χ4n) is 3.60. The summed E-state index contributed by atoms with van der Waals surface area (Å²) in [5, 5.41) is 0.934. The van der Waals surface area contributed by atoms with Gasteiger partial charge in [-0.1, -0.05) is 12.1 Å². The molecular formula is C21H21N3O3. The number of rotatable bonds is 5. The summed E-state index contributed by atoms with van der Waals surface area (Å²) in [4.78, 5) is 11.9. The summed E-state index contributed by atoms with van der Waals surface area (Å²) in [6.07, 6.45) is 2.56. The molecule has 0 unspecified atom stereocenters. The van der Waals surface area contributed by atoms with E-state index in [1.165, 1.54) is 12.8 Å². The average molecular weight is 363 g/mol. The van der Waals surface area contributed by atoms with Crippen molar-refractivity contribution in [3.8, 4) is 28.8 Å². The van der Waals surface area contributed by atoms with Crippen molar-refractivity contribution in [1.82, 2.24) is 14.9 Å². The molecule has 2 aromatic carbocycles. The minimum atomic E-state index is 0.252. The van der Waals surface area contributed by atoms with Gasteiger partial charge in [0.15, 0.2) is 17.3 Å².